The number of nitrogens with one attached hydrogen (secondary N) is 1. The minimum Gasteiger partial charge on any atom is -0.378 e. The van der Waals surface area contributed by atoms with Crippen LogP contribution in [0.2, 0.25) is 5.02 Å². The molecule has 0 saturated carbocycles. The molecule has 1 N–H and O–H groups in total. The van der Waals surface area contributed by atoms with Crippen molar-refractivity contribution in [2.24, 2.45) is 0 Å². The second-order valence-corrected chi connectivity index (χ2v) is 4.35. The Morgan fingerprint density at radius 2 is 2.27 bits per heavy atom. The normalized spacial score (nSPS) is 10.3. The first-order valence-corrected chi connectivity index (χ1v) is 5.58. The summed E-state index contributed by atoms with van der Waals surface area (Å²) < 4.78 is 13.0. The van der Waals surface area contributed by atoms with E-state index in [2.05, 4.69) is 10.3 Å². The van der Waals surface area contributed by atoms with Crippen molar-refractivity contribution in [3.63, 3.8) is 0 Å². The lowest BCUT2D eigenvalue weighted by Gasteiger charge is -2.04. The van der Waals surface area contributed by atoms with Gasteiger partial charge in [-0.25, -0.2) is 9.37 Å². The van der Waals surface area contributed by atoms with E-state index in [1.807, 2.05) is 5.38 Å². The van der Waals surface area contributed by atoms with E-state index >= 15 is 0 Å². The van der Waals surface area contributed by atoms with Gasteiger partial charge in [-0.05, 0) is 18.2 Å². The second-order valence-electron chi connectivity index (χ2n) is 2.94. The summed E-state index contributed by atoms with van der Waals surface area (Å²) in [6.45, 7) is 0.581. The third-order valence-corrected chi connectivity index (χ3v) is 2.79. The Balaban J connectivity index is 2.05. The molecule has 1 aromatic carbocycles. The molecule has 2 nitrogen and oxygen atoms in total. The zero-order valence-electron chi connectivity index (χ0n) is 7.71. The van der Waals surface area contributed by atoms with Gasteiger partial charge in [0.1, 0.15) is 10.8 Å². The summed E-state index contributed by atoms with van der Waals surface area (Å²) in [5, 5.41) is 6.29. The molecule has 0 bridgehead atoms. The summed E-state index contributed by atoms with van der Waals surface area (Å²) >= 11 is 7.27. The Labute approximate surface area is 95.7 Å². The molecule has 0 saturated heterocycles. The van der Waals surface area contributed by atoms with Crippen LogP contribution < -0.4 is 5.32 Å². The molecule has 0 atom stereocenters. The highest BCUT2D eigenvalue weighted by Gasteiger charge is 2.00. The van der Waals surface area contributed by atoms with E-state index in [4.69, 9.17) is 11.6 Å². The largest absolute Gasteiger partial charge is 0.378 e. The van der Waals surface area contributed by atoms with E-state index in [1.165, 1.54) is 12.1 Å². The standard InChI is InChI=1S/C10H8ClFN2S/c11-7-3-8(12)5-9(4-7)14-6-10-13-1-2-15-10/h1-5,14H,6H2. The zero-order valence-corrected chi connectivity index (χ0v) is 9.28. The Morgan fingerprint density at radius 1 is 1.40 bits per heavy atom. The van der Waals surface area contributed by atoms with Gasteiger partial charge < -0.3 is 5.32 Å². The Bertz CT molecular complexity index is 424. The van der Waals surface area contributed by atoms with Crippen molar-refractivity contribution in [1.29, 1.82) is 0 Å². The molecule has 1 aromatic heterocycles. The maximum atomic E-state index is 13.0. The molecular weight excluding hydrogens is 235 g/mol. The molecular formula is C10H8ClFN2S. The van der Waals surface area contributed by atoms with Gasteiger partial charge in [-0.2, -0.15) is 0 Å². The monoisotopic (exact) mass is 242 g/mol. The fourth-order valence-electron chi connectivity index (χ4n) is 1.17. The summed E-state index contributed by atoms with van der Waals surface area (Å²) in [6, 6.07) is 4.36. The van der Waals surface area contributed by atoms with Crippen LogP contribution in [-0.2, 0) is 6.54 Å². The molecule has 0 aliphatic carbocycles. The molecule has 1 heterocycles. The van der Waals surface area contributed by atoms with Crippen molar-refractivity contribution in [2.45, 2.75) is 6.54 Å². The van der Waals surface area contributed by atoms with E-state index in [1.54, 1.807) is 23.6 Å². The van der Waals surface area contributed by atoms with Crippen LogP contribution in [0.5, 0.6) is 0 Å². The van der Waals surface area contributed by atoms with Gasteiger partial charge >= 0.3 is 0 Å². The van der Waals surface area contributed by atoms with E-state index < -0.39 is 0 Å². The minimum absolute atomic E-state index is 0.343. The van der Waals surface area contributed by atoms with Crippen molar-refractivity contribution in [3.8, 4) is 0 Å². The SMILES string of the molecule is Fc1cc(Cl)cc(NCc2nccs2)c1. The summed E-state index contributed by atoms with van der Waals surface area (Å²) in [7, 11) is 0. The highest BCUT2D eigenvalue weighted by Crippen LogP contribution is 2.18. The lowest BCUT2D eigenvalue weighted by molar-refractivity contribution is 0.628. The number of aromatic nitrogens is 1. The predicted molar refractivity (Wildman–Crippen MR) is 60.9 cm³/mol. The summed E-state index contributed by atoms with van der Waals surface area (Å²) in [5.41, 5.74) is 0.662. The molecule has 0 spiro atoms. The highest BCUT2D eigenvalue weighted by atomic mass is 35.5. The number of hydrogen-bond acceptors (Lipinski definition) is 3. The quantitative estimate of drug-likeness (QED) is 0.891. The van der Waals surface area contributed by atoms with Crippen LogP contribution in [0, 0.1) is 5.82 Å². The fourth-order valence-corrected chi connectivity index (χ4v) is 1.95. The Hall–Kier alpha value is -1.13. The van der Waals surface area contributed by atoms with Gasteiger partial charge in [0.15, 0.2) is 0 Å². The van der Waals surface area contributed by atoms with E-state index in [0.717, 1.165) is 5.01 Å². The van der Waals surface area contributed by atoms with Crippen LogP contribution >= 0.6 is 22.9 Å². The fraction of sp³-hybridized carbons (Fsp3) is 0.100. The third-order valence-electron chi connectivity index (χ3n) is 1.79. The molecule has 2 aromatic rings. The molecule has 78 valence electrons. The van der Waals surface area contributed by atoms with E-state index in [0.29, 0.717) is 17.3 Å². The number of nitrogens with zero attached hydrogens (tertiary/aromatic N) is 1. The molecule has 0 fully saturated rings. The van der Waals surface area contributed by atoms with Crippen LogP contribution in [-0.4, -0.2) is 4.98 Å². The first-order valence-electron chi connectivity index (χ1n) is 4.32. The van der Waals surface area contributed by atoms with Gasteiger partial charge in [0.2, 0.25) is 0 Å². The average Bonchev–Trinajstić information content (AvgIpc) is 2.65. The highest BCUT2D eigenvalue weighted by molar-refractivity contribution is 7.09. The van der Waals surface area contributed by atoms with Crippen LogP contribution in [0.3, 0.4) is 0 Å². The zero-order chi connectivity index (χ0) is 10.7. The lowest BCUT2D eigenvalue weighted by atomic mass is 10.3. The molecule has 15 heavy (non-hydrogen) atoms. The average molecular weight is 243 g/mol. The molecule has 0 radical (unpaired) electrons. The van der Waals surface area contributed by atoms with Crippen molar-refractivity contribution >= 4 is 28.6 Å². The molecule has 0 amide bonds. The molecule has 0 unspecified atom stereocenters. The minimum atomic E-state index is -0.343. The lowest BCUT2D eigenvalue weighted by Crippen LogP contribution is -1.98. The predicted octanol–water partition coefficient (Wildman–Crippen LogP) is 3.55. The number of halogens is 2. The van der Waals surface area contributed by atoms with Gasteiger partial charge in [-0.3, -0.25) is 0 Å². The van der Waals surface area contributed by atoms with Crippen molar-refractivity contribution < 1.29 is 4.39 Å². The number of rotatable bonds is 3. The number of benzene rings is 1. The van der Waals surface area contributed by atoms with Crippen LogP contribution in [0.1, 0.15) is 5.01 Å². The van der Waals surface area contributed by atoms with E-state index in [-0.39, 0.29) is 5.82 Å². The van der Waals surface area contributed by atoms with Crippen molar-refractivity contribution in [3.05, 3.63) is 45.6 Å². The van der Waals surface area contributed by atoms with Crippen molar-refractivity contribution in [1.82, 2.24) is 4.98 Å². The Kier molecular flexibility index (Phi) is 3.18. The van der Waals surface area contributed by atoms with Gasteiger partial charge in [0.05, 0.1) is 6.54 Å². The molecule has 2 rings (SSSR count). The smallest absolute Gasteiger partial charge is 0.126 e. The summed E-state index contributed by atoms with van der Waals surface area (Å²) in [5.74, 6) is -0.343. The first kappa shape index (κ1) is 10.4. The first-order chi connectivity index (χ1) is 7.24. The van der Waals surface area contributed by atoms with Gasteiger partial charge in [-0.1, -0.05) is 11.6 Å². The molecule has 5 heteroatoms. The summed E-state index contributed by atoms with van der Waals surface area (Å²) in [4.78, 5) is 4.11. The maximum absolute atomic E-state index is 13.0. The second kappa shape index (κ2) is 4.59. The topological polar surface area (TPSA) is 24.9 Å². The molecule has 0 aliphatic heterocycles. The van der Waals surface area contributed by atoms with Crippen LogP contribution in [0.15, 0.2) is 29.8 Å². The van der Waals surface area contributed by atoms with Crippen LogP contribution in [0.25, 0.3) is 0 Å². The number of thiazole rings is 1. The van der Waals surface area contributed by atoms with Crippen molar-refractivity contribution in [2.75, 3.05) is 5.32 Å². The third kappa shape index (κ3) is 2.91. The van der Waals surface area contributed by atoms with E-state index in [9.17, 15) is 4.39 Å². The van der Waals surface area contributed by atoms with Gasteiger partial charge in [-0.15, -0.1) is 11.3 Å². The maximum Gasteiger partial charge on any atom is 0.126 e. The van der Waals surface area contributed by atoms with Crippen LogP contribution in [0.4, 0.5) is 10.1 Å². The summed E-state index contributed by atoms with van der Waals surface area (Å²) in [6.07, 6.45) is 1.74. The Morgan fingerprint density at radius 3 is 2.93 bits per heavy atom. The van der Waals surface area contributed by atoms with Gasteiger partial charge in [0, 0.05) is 22.3 Å². The van der Waals surface area contributed by atoms with Gasteiger partial charge in [0.25, 0.3) is 0 Å². The number of anilines is 1. The number of hydrogen-bond donors (Lipinski definition) is 1. The molecule has 0 aliphatic rings.